The van der Waals surface area contributed by atoms with Crippen molar-refractivity contribution in [1.29, 1.82) is 0 Å². The van der Waals surface area contributed by atoms with Gasteiger partial charge in [-0.3, -0.25) is 10.1 Å². The zero-order chi connectivity index (χ0) is 17.3. The van der Waals surface area contributed by atoms with Crippen molar-refractivity contribution in [1.82, 2.24) is 5.32 Å². The summed E-state index contributed by atoms with van der Waals surface area (Å²) in [6, 6.07) is 11.0. The second-order valence-electron chi connectivity index (χ2n) is 5.80. The number of aliphatic hydroxyl groups excluding tert-OH is 1. The zero-order valence-corrected chi connectivity index (χ0v) is 13.0. The van der Waals surface area contributed by atoms with Gasteiger partial charge in [-0.15, -0.1) is 0 Å². The van der Waals surface area contributed by atoms with Crippen molar-refractivity contribution in [3.05, 3.63) is 69.3 Å². The molecule has 0 heterocycles. The summed E-state index contributed by atoms with van der Waals surface area (Å²) in [5.41, 5.74) is 2.67. The lowest BCUT2D eigenvalue weighted by molar-refractivity contribution is -0.385. The van der Waals surface area contributed by atoms with E-state index in [9.17, 15) is 20.0 Å². The lowest BCUT2D eigenvalue weighted by Crippen LogP contribution is -2.36. The predicted octanol–water partition coefficient (Wildman–Crippen LogP) is 2.68. The Balaban J connectivity index is 1.73. The Kier molecular flexibility index (Phi) is 4.18. The van der Waals surface area contributed by atoms with E-state index in [4.69, 9.17) is 0 Å². The standard InChI is InChI=1S/C17H17N3O4/c1-10-6-7-12(9-14(10)20(23)24)18-17(22)19-16-13-5-3-2-4-11(13)8-15(16)21/h2-7,9,15-16,21H,8H2,1H3,(H2,18,19,22)/t15-,16+/m0/s1. The summed E-state index contributed by atoms with van der Waals surface area (Å²) in [6.45, 7) is 1.63. The molecule has 0 aliphatic heterocycles. The van der Waals surface area contributed by atoms with Crippen molar-refractivity contribution in [3.8, 4) is 0 Å². The highest BCUT2D eigenvalue weighted by Gasteiger charge is 2.31. The van der Waals surface area contributed by atoms with Crippen LogP contribution in [-0.2, 0) is 6.42 Å². The monoisotopic (exact) mass is 327 g/mol. The predicted molar refractivity (Wildman–Crippen MR) is 88.9 cm³/mol. The molecule has 0 fully saturated rings. The number of benzene rings is 2. The Labute approximate surface area is 138 Å². The first kappa shape index (κ1) is 15.9. The van der Waals surface area contributed by atoms with Crippen LogP contribution in [0.1, 0.15) is 22.7 Å². The van der Waals surface area contributed by atoms with Gasteiger partial charge < -0.3 is 15.7 Å². The third-order valence-electron chi connectivity index (χ3n) is 4.15. The number of urea groups is 1. The lowest BCUT2D eigenvalue weighted by Gasteiger charge is -2.18. The van der Waals surface area contributed by atoms with Crippen LogP contribution in [0.25, 0.3) is 0 Å². The third-order valence-corrected chi connectivity index (χ3v) is 4.15. The normalized spacial score (nSPS) is 18.8. The molecule has 2 atom stereocenters. The number of nitro groups is 1. The first-order valence-corrected chi connectivity index (χ1v) is 7.54. The van der Waals surface area contributed by atoms with Gasteiger partial charge in [0, 0.05) is 23.7 Å². The molecule has 0 aromatic heterocycles. The summed E-state index contributed by atoms with van der Waals surface area (Å²) in [7, 11) is 0. The molecule has 0 radical (unpaired) electrons. The van der Waals surface area contributed by atoms with E-state index in [1.165, 1.54) is 6.07 Å². The molecule has 3 rings (SSSR count). The molecule has 0 bridgehead atoms. The summed E-state index contributed by atoms with van der Waals surface area (Å²) in [5.74, 6) is 0. The van der Waals surface area contributed by atoms with E-state index in [1.54, 1.807) is 19.1 Å². The Morgan fingerprint density at radius 3 is 2.79 bits per heavy atom. The summed E-state index contributed by atoms with van der Waals surface area (Å²) >= 11 is 0. The Morgan fingerprint density at radius 2 is 2.04 bits per heavy atom. The van der Waals surface area contributed by atoms with Crippen LogP contribution in [-0.4, -0.2) is 22.2 Å². The molecule has 0 unspecified atom stereocenters. The average molecular weight is 327 g/mol. The molecule has 2 aromatic rings. The van der Waals surface area contributed by atoms with Crippen LogP contribution in [0.5, 0.6) is 0 Å². The van der Waals surface area contributed by atoms with Crippen molar-refractivity contribution < 1.29 is 14.8 Å². The van der Waals surface area contributed by atoms with E-state index < -0.39 is 23.1 Å². The summed E-state index contributed by atoms with van der Waals surface area (Å²) in [4.78, 5) is 22.7. The summed E-state index contributed by atoms with van der Waals surface area (Å²) < 4.78 is 0. The molecule has 1 aliphatic carbocycles. The van der Waals surface area contributed by atoms with Crippen LogP contribution in [0.2, 0.25) is 0 Å². The molecule has 2 aromatic carbocycles. The maximum absolute atomic E-state index is 12.2. The molecule has 2 amide bonds. The van der Waals surface area contributed by atoms with Gasteiger partial charge in [0.2, 0.25) is 0 Å². The highest BCUT2D eigenvalue weighted by molar-refractivity contribution is 5.90. The minimum Gasteiger partial charge on any atom is -0.390 e. The fourth-order valence-electron chi connectivity index (χ4n) is 2.94. The summed E-state index contributed by atoms with van der Waals surface area (Å²) in [6.07, 6.45) is -0.211. The van der Waals surface area contributed by atoms with Gasteiger partial charge in [-0.2, -0.15) is 0 Å². The third kappa shape index (κ3) is 3.07. The number of aryl methyl sites for hydroxylation is 1. The Bertz CT molecular complexity index is 806. The van der Waals surface area contributed by atoms with E-state index in [1.807, 2.05) is 24.3 Å². The van der Waals surface area contributed by atoms with Gasteiger partial charge in [0.05, 0.1) is 17.1 Å². The fourth-order valence-corrected chi connectivity index (χ4v) is 2.94. The van der Waals surface area contributed by atoms with E-state index >= 15 is 0 Å². The van der Waals surface area contributed by atoms with Gasteiger partial charge >= 0.3 is 6.03 Å². The molecule has 0 saturated carbocycles. The van der Waals surface area contributed by atoms with Crippen LogP contribution in [0.3, 0.4) is 0 Å². The van der Waals surface area contributed by atoms with E-state index in [-0.39, 0.29) is 5.69 Å². The molecule has 0 spiro atoms. The van der Waals surface area contributed by atoms with Crippen LogP contribution in [0, 0.1) is 17.0 Å². The molecular weight excluding hydrogens is 310 g/mol. The minimum absolute atomic E-state index is 0.0564. The van der Waals surface area contributed by atoms with Crippen molar-refractivity contribution in [2.45, 2.75) is 25.5 Å². The second-order valence-corrected chi connectivity index (χ2v) is 5.80. The zero-order valence-electron chi connectivity index (χ0n) is 13.0. The molecule has 1 aliphatic rings. The van der Waals surface area contributed by atoms with Gasteiger partial charge in [-0.25, -0.2) is 4.79 Å². The number of nitro benzene ring substituents is 1. The van der Waals surface area contributed by atoms with Gasteiger partial charge in [-0.1, -0.05) is 30.3 Å². The molecule has 0 saturated heterocycles. The van der Waals surface area contributed by atoms with Crippen molar-refractivity contribution in [2.24, 2.45) is 0 Å². The van der Waals surface area contributed by atoms with Gasteiger partial charge in [0.1, 0.15) is 0 Å². The van der Waals surface area contributed by atoms with Gasteiger partial charge in [0.15, 0.2) is 0 Å². The smallest absolute Gasteiger partial charge is 0.319 e. The number of hydrogen-bond donors (Lipinski definition) is 3. The SMILES string of the molecule is Cc1ccc(NC(=O)N[C@@H]2c3ccccc3C[C@@H]2O)cc1[N+](=O)[O-]. The van der Waals surface area contributed by atoms with E-state index in [0.717, 1.165) is 11.1 Å². The maximum Gasteiger partial charge on any atom is 0.319 e. The van der Waals surface area contributed by atoms with Crippen molar-refractivity contribution in [3.63, 3.8) is 0 Å². The first-order valence-electron chi connectivity index (χ1n) is 7.54. The molecule has 7 nitrogen and oxygen atoms in total. The number of hydrogen-bond acceptors (Lipinski definition) is 4. The number of rotatable bonds is 3. The second kappa shape index (κ2) is 6.29. The average Bonchev–Trinajstić information content (AvgIpc) is 2.85. The molecule has 124 valence electrons. The summed E-state index contributed by atoms with van der Waals surface area (Å²) in [5, 5.41) is 26.4. The van der Waals surface area contributed by atoms with Crippen molar-refractivity contribution in [2.75, 3.05) is 5.32 Å². The fraction of sp³-hybridized carbons (Fsp3) is 0.235. The number of anilines is 1. The number of nitrogens with one attached hydrogen (secondary N) is 2. The lowest BCUT2D eigenvalue weighted by atomic mass is 10.1. The number of carbonyl (C=O) groups excluding carboxylic acids is 1. The Morgan fingerprint density at radius 1 is 1.29 bits per heavy atom. The topological polar surface area (TPSA) is 104 Å². The number of nitrogens with zero attached hydrogens (tertiary/aromatic N) is 1. The highest BCUT2D eigenvalue weighted by atomic mass is 16.6. The van der Waals surface area contributed by atoms with Crippen LogP contribution >= 0.6 is 0 Å². The number of amides is 2. The van der Waals surface area contributed by atoms with Gasteiger partial charge in [0.25, 0.3) is 5.69 Å². The van der Waals surface area contributed by atoms with Crippen LogP contribution < -0.4 is 10.6 Å². The van der Waals surface area contributed by atoms with Crippen LogP contribution in [0.15, 0.2) is 42.5 Å². The maximum atomic E-state index is 12.2. The van der Waals surface area contributed by atoms with Crippen LogP contribution in [0.4, 0.5) is 16.2 Å². The number of fused-ring (bicyclic) bond motifs is 1. The molecule has 7 heteroatoms. The van der Waals surface area contributed by atoms with Crippen molar-refractivity contribution >= 4 is 17.4 Å². The number of aliphatic hydroxyl groups is 1. The molecular formula is C17H17N3O4. The Hall–Kier alpha value is -2.93. The van der Waals surface area contributed by atoms with E-state index in [2.05, 4.69) is 10.6 Å². The molecule has 3 N–H and O–H groups in total. The minimum atomic E-state index is -0.694. The molecule has 24 heavy (non-hydrogen) atoms. The quantitative estimate of drug-likeness (QED) is 0.595. The highest BCUT2D eigenvalue weighted by Crippen LogP contribution is 2.31. The van der Waals surface area contributed by atoms with E-state index in [0.29, 0.717) is 17.7 Å². The number of carbonyl (C=O) groups is 1. The largest absolute Gasteiger partial charge is 0.390 e. The van der Waals surface area contributed by atoms with Gasteiger partial charge in [-0.05, 0) is 24.1 Å². The first-order chi connectivity index (χ1) is 11.5.